The number of hydrogen-bond acceptors (Lipinski definition) is 9. The summed E-state index contributed by atoms with van der Waals surface area (Å²) in [6.45, 7) is 5.74. The van der Waals surface area contributed by atoms with E-state index in [-0.39, 0.29) is 22.9 Å². The second-order valence-corrected chi connectivity index (χ2v) is 13.6. The lowest BCUT2D eigenvalue weighted by atomic mass is 9.95. The van der Waals surface area contributed by atoms with E-state index in [1.54, 1.807) is 45.2 Å². The van der Waals surface area contributed by atoms with Crippen molar-refractivity contribution in [2.75, 3.05) is 44.0 Å². The Morgan fingerprint density at radius 1 is 1.04 bits per heavy atom. The molecule has 0 bridgehead atoms. The highest BCUT2D eigenvalue weighted by molar-refractivity contribution is 7.98. The number of benzene rings is 2. The molecular formula is C37H45N5O6S. The maximum Gasteiger partial charge on any atom is 0.246 e. The molecule has 1 heterocycles. The Labute approximate surface area is 290 Å². The van der Waals surface area contributed by atoms with Crippen molar-refractivity contribution in [3.63, 3.8) is 0 Å². The maximum absolute atomic E-state index is 13.9. The Morgan fingerprint density at radius 2 is 1.82 bits per heavy atom. The number of carbonyl (C=O) groups is 2. The van der Waals surface area contributed by atoms with E-state index >= 15 is 0 Å². The average Bonchev–Trinajstić information content (AvgIpc) is 3.31. The third-order valence-corrected chi connectivity index (χ3v) is 9.22. The molecule has 1 aliphatic rings. The third kappa shape index (κ3) is 7.96. The summed E-state index contributed by atoms with van der Waals surface area (Å²) in [4.78, 5) is 48.0. The number of aromatic amines is 1. The second kappa shape index (κ2) is 15.7. The van der Waals surface area contributed by atoms with Crippen LogP contribution in [0.1, 0.15) is 56.6 Å². The Bertz CT molecular complexity index is 1910. The number of hydrogen-bond donors (Lipinski definition) is 4. The fourth-order valence-corrected chi connectivity index (χ4v) is 6.84. The average molecular weight is 688 g/mol. The minimum Gasteiger partial charge on any atom is -0.493 e. The molecule has 2 unspecified atom stereocenters. The molecule has 0 saturated heterocycles. The first kappa shape index (κ1) is 35.6. The third-order valence-electron chi connectivity index (χ3n) is 8.57. The van der Waals surface area contributed by atoms with Crippen LogP contribution in [0.15, 0.2) is 47.3 Å². The number of aryl methyl sites for hydroxylation is 1. The quantitative estimate of drug-likeness (QED) is 0.131. The molecule has 12 heteroatoms. The molecule has 11 nitrogen and oxygen atoms in total. The fourth-order valence-electron chi connectivity index (χ4n) is 6.37. The Kier molecular flexibility index (Phi) is 11.4. The number of carbonyl (C=O) groups excluding carboxylic acids is 2. The van der Waals surface area contributed by atoms with Gasteiger partial charge in [-0.05, 0) is 90.3 Å². The molecule has 4 N–H and O–H groups in total. The summed E-state index contributed by atoms with van der Waals surface area (Å²) >= 11 is 1.62. The second-order valence-electron chi connectivity index (χ2n) is 12.6. The van der Waals surface area contributed by atoms with Crippen molar-refractivity contribution >= 4 is 46.0 Å². The van der Waals surface area contributed by atoms with Crippen LogP contribution in [-0.2, 0) is 22.4 Å². The van der Waals surface area contributed by atoms with Crippen molar-refractivity contribution in [3.8, 4) is 28.4 Å². The van der Waals surface area contributed by atoms with E-state index in [1.165, 1.54) is 6.92 Å². The van der Waals surface area contributed by atoms with Crippen LogP contribution in [-0.4, -0.2) is 61.2 Å². The Balaban J connectivity index is 1.53. The highest BCUT2D eigenvalue weighted by Crippen LogP contribution is 2.50. The van der Waals surface area contributed by atoms with Crippen LogP contribution in [0.5, 0.6) is 17.2 Å². The molecule has 3 aromatic carbocycles. The van der Waals surface area contributed by atoms with Gasteiger partial charge in [0.05, 0.1) is 44.1 Å². The van der Waals surface area contributed by atoms with Gasteiger partial charge in [0.1, 0.15) is 11.9 Å². The number of aromatic nitrogens is 2. The first-order valence-electron chi connectivity index (χ1n) is 16.4. The van der Waals surface area contributed by atoms with Gasteiger partial charge in [-0.3, -0.25) is 14.4 Å². The number of ether oxygens (including phenoxy) is 3. The van der Waals surface area contributed by atoms with Gasteiger partial charge >= 0.3 is 0 Å². The lowest BCUT2D eigenvalue weighted by Gasteiger charge is -2.19. The van der Waals surface area contributed by atoms with Gasteiger partial charge in [0.25, 0.3) is 0 Å². The number of H-pyrrole nitrogens is 1. The smallest absolute Gasteiger partial charge is 0.246 e. The standard InChI is InChI=1S/C37H45N5O6S/c1-20(2)16-33-41-27-12-9-23(18-30(27)42-33)39-37(45)29(14-15-49-7)40-28-13-10-24-25(19-31(28)44)26(38-21(3)43)11-8-22-17-32(46-4)35(47-5)36(48-6)34(22)24/h9-10,12-13,17-20,26,29H,8,11,14-16H2,1-7H3,(H,38,43)(H,39,45)(H,40,44)(H,41,42). The van der Waals surface area contributed by atoms with Gasteiger partial charge in [-0.15, -0.1) is 0 Å². The number of nitrogens with one attached hydrogen (secondary N) is 4. The normalized spacial score (nSPS) is 14.3. The van der Waals surface area contributed by atoms with Gasteiger partial charge in [-0.2, -0.15) is 11.8 Å². The number of rotatable bonds is 13. The zero-order valence-corrected chi connectivity index (χ0v) is 29.9. The van der Waals surface area contributed by atoms with Crippen molar-refractivity contribution in [1.82, 2.24) is 15.3 Å². The highest BCUT2D eigenvalue weighted by atomic mass is 32.2. The van der Waals surface area contributed by atoms with Crippen molar-refractivity contribution in [2.24, 2.45) is 5.92 Å². The largest absolute Gasteiger partial charge is 0.493 e. The minimum absolute atomic E-state index is 0.209. The Hall–Kier alpha value is -4.71. The molecule has 4 aromatic rings. The number of methoxy groups -OCH3 is 3. The number of fused-ring (bicyclic) bond motifs is 4. The van der Waals surface area contributed by atoms with E-state index in [0.717, 1.165) is 34.4 Å². The predicted molar refractivity (Wildman–Crippen MR) is 196 cm³/mol. The maximum atomic E-state index is 13.9. The van der Waals surface area contributed by atoms with Crippen molar-refractivity contribution < 1.29 is 23.8 Å². The molecule has 0 saturated carbocycles. The van der Waals surface area contributed by atoms with E-state index in [1.807, 2.05) is 36.6 Å². The number of anilines is 2. The molecule has 2 amide bonds. The number of thioether (sulfide) groups is 1. The van der Waals surface area contributed by atoms with Crippen molar-refractivity contribution in [3.05, 3.63) is 69.6 Å². The number of amides is 2. The summed E-state index contributed by atoms with van der Waals surface area (Å²) in [6.07, 6.45) is 4.43. The SMILES string of the molecule is COc1cc2c(c(OC)c1OC)-c1ccc(NC(CCSC)C(=O)Nc3ccc4nc(CC(C)C)[nH]c4c3)c(=O)cc1C(NC(C)=O)CC2. The molecule has 49 heavy (non-hydrogen) atoms. The van der Waals surface area contributed by atoms with E-state index < -0.39 is 12.1 Å². The number of nitrogens with zero attached hydrogens (tertiary/aromatic N) is 1. The summed E-state index contributed by atoms with van der Waals surface area (Å²) in [5, 5.41) is 9.32. The summed E-state index contributed by atoms with van der Waals surface area (Å²) in [5.74, 6) is 3.02. The molecule has 5 rings (SSSR count). The van der Waals surface area contributed by atoms with E-state index in [4.69, 9.17) is 14.2 Å². The topological polar surface area (TPSA) is 144 Å². The first-order chi connectivity index (χ1) is 23.6. The van der Waals surface area contributed by atoms with Crippen LogP contribution in [0, 0.1) is 5.92 Å². The summed E-state index contributed by atoms with van der Waals surface area (Å²) < 4.78 is 17.2. The van der Waals surface area contributed by atoms with Gasteiger partial charge in [0, 0.05) is 24.6 Å². The van der Waals surface area contributed by atoms with Gasteiger partial charge in [-0.25, -0.2) is 4.98 Å². The number of imidazole rings is 1. The van der Waals surface area contributed by atoms with Gasteiger partial charge in [0.2, 0.25) is 23.0 Å². The van der Waals surface area contributed by atoms with Crippen LogP contribution < -0.4 is 35.6 Å². The first-order valence-corrected chi connectivity index (χ1v) is 17.8. The molecular weight excluding hydrogens is 643 g/mol. The minimum atomic E-state index is -0.700. The molecule has 1 aliphatic carbocycles. The molecule has 0 radical (unpaired) electrons. The molecule has 0 fully saturated rings. The van der Waals surface area contributed by atoms with Crippen LogP contribution >= 0.6 is 11.8 Å². The fraction of sp³-hybridized carbons (Fsp3) is 0.405. The lowest BCUT2D eigenvalue weighted by Crippen LogP contribution is -2.36. The van der Waals surface area contributed by atoms with Gasteiger partial charge in [-0.1, -0.05) is 19.9 Å². The van der Waals surface area contributed by atoms with E-state index in [2.05, 4.69) is 39.8 Å². The molecule has 0 spiro atoms. The molecule has 2 atom stereocenters. The predicted octanol–water partition coefficient (Wildman–Crippen LogP) is 6.11. The van der Waals surface area contributed by atoms with Crippen LogP contribution in [0.4, 0.5) is 11.4 Å². The van der Waals surface area contributed by atoms with Gasteiger partial charge < -0.3 is 35.1 Å². The highest BCUT2D eigenvalue weighted by Gasteiger charge is 2.30. The zero-order chi connectivity index (χ0) is 35.2. The van der Waals surface area contributed by atoms with Gasteiger partial charge in [0.15, 0.2) is 11.5 Å². The zero-order valence-electron chi connectivity index (χ0n) is 29.1. The van der Waals surface area contributed by atoms with E-state index in [9.17, 15) is 14.4 Å². The molecule has 1 aromatic heterocycles. The Morgan fingerprint density at radius 3 is 2.49 bits per heavy atom. The molecule has 0 aliphatic heterocycles. The van der Waals surface area contributed by atoms with E-state index in [0.29, 0.717) is 65.0 Å². The monoisotopic (exact) mass is 687 g/mol. The van der Waals surface area contributed by atoms with Crippen LogP contribution in [0.25, 0.3) is 22.2 Å². The van der Waals surface area contributed by atoms with Crippen LogP contribution in [0.2, 0.25) is 0 Å². The van der Waals surface area contributed by atoms with Crippen LogP contribution in [0.3, 0.4) is 0 Å². The lowest BCUT2D eigenvalue weighted by molar-refractivity contribution is -0.120. The van der Waals surface area contributed by atoms with Crippen molar-refractivity contribution in [2.45, 2.75) is 58.5 Å². The summed E-state index contributed by atoms with van der Waals surface area (Å²) in [7, 11) is 4.68. The van der Waals surface area contributed by atoms with Crippen molar-refractivity contribution in [1.29, 1.82) is 0 Å². The summed E-state index contributed by atoms with van der Waals surface area (Å²) in [5.41, 5.74) is 5.32. The summed E-state index contributed by atoms with van der Waals surface area (Å²) in [6, 6.07) is 11.5. The molecule has 260 valence electrons.